The summed E-state index contributed by atoms with van der Waals surface area (Å²) in [5, 5.41) is 3.36. The summed E-state index contributed by atoms with van der Waals surface area (Å²) in [6.45, 7) is 7.46. The Hall–Kier alpha value is -2.36. The van der Waals surface area contributed by atoms with Crippen molar-refractivity contribution in [2.24, 2.45) is 0 Å². The topological polar surface area (TPSA) is 45.2 Å². The van der Waals surface area contributed by atoms with Crippen molar-refractivity contribution in [2.45, 2.75) is 27.2 Å². The molecule has 0 saturated heterocycles. The van der Waals surface area contributed by atoms with E-state index in [1.807, 2.05) is 38.1 Å². The van der Waals surface area contributed by atoms with Gasteiger partial charge in [0.1, 0.15) is 5.69 Å². The lowest BCUT2D eigenvalue weighted by atomic mass is 10.1. The van der Waals surface area contributed by atoms with Crippen LogP contribution in [-0.4, -0.2) is 28.9 Å². The van der Waals surface area contributed by atoms with Crippen molar-refractivity contribution in [1.29, 1.82) is 0 Å². The standard InChI is InChI=1S/C18H23N3O/c1-4-14-9-7-8-10-16(14)20-15-11-12-17(19-13-15)18(22)21(5-2)6-3/h7-13,20H,4-6H2,1-3H3. The number of aryl methyl sites for hydroxylation is 1. The lowest BCUT2D eigenvalue weighted by Crippen LogP contribution is -2.31. The van der Waals surface area contributed by atoms with Crippen LogP contribution in [0.3, 0.4) is 0 Å². The van der Waals surface area contributed by atoms with E-state index in [-0.39, 0.29) is 5.91 Å². The molecule has 0 aliphatic heterocycles. The molecule has 0 saturated carbocycles. The predicted octanol–water partition coefficient (Wildman–Crippen LogP) is 3.87. The molecule has 1 heterocycles. The maximum absolute atomic E-state index is 12.2. The Morgan fingerprint density at radius 1 is 1.09 bits per heavy atom. The van der Waals surface area contributed by atoms with E-state index in [1.165, 1.54) is 5.56 Å². The summed E-state index contributed by atoms with van der Waals surface area (Å²) in [6.07, 6.45) is 2.68. The Morgan fingerprint density at radius 2 is 1.82 bits per heavy atom. The maximum atomic E-state index is 12.2. The summed E-state index contributed by atoms with van der Waals surface area (Å²) >= 11 is 0. The van der Waals surface area contributed by atoms with Gasteiger partial charge in [0.2, 0.25) is 0 Å². The summed E-state index contributed by atoms with van der Waals surface area (Å²) in [5.41, 5.74) is 3.70. The van der Waals surface area contributed by atoms with Crippen LogP contribution < -0.4 is 5.32 Å². The van der Waals surface area contributed by atoms with Crippen LogP contribution in [0.15, 0.2) is 42.6 Å². The number of carbonyl (C=O) groups excluding carboxylic acids is 1. The van der Waals surface area contributed by atoms with E-state index in [2.05, 4.69) is 23.3 Å². The highest BCUT2D eigenvalue weighted by Gasteiger charge is 2.13. The lowest BCUT2D eigenvalue weighted by molar-refractivity contribution is 0.0767. The van der Waals surface area contributed by atoms with Gasteiger partial charge in [-0.2, -0.15) is 0 Å². The van der Waals surface area contributed by atoms with E-state index < -0.39 is 0 Å². The first-order chi connectivity index (χ1) is 10.7. The highest BCUT2D eigenvalue weighted by Crippen LogP contribution is 2.21. The molecule has 0 aliphatic rings. The van der Waals surface area contributed by atoms with Crippen LogP contribution in [0.25, 0.3) is 0 Å². The van der Waals surface area contributed by atoms with Gasteiger partial charge in [-0.1, -0.05) is 25.1 Å². The van der Waals surface area contributed by atoms with E-state index in [4.69, 9.17) is 0 Å². The molecule has 2 aromatic rings. The summed E-state index contributed by atoms with van der Waals surface area (Å²) in [6, 6.07) is 11.9. The fraction of sp³-hybridized carbons (Fsp3) is 0.333. The largest absolute Gasteiger partial charge is 0.354 e. The number of anilines is 2. The average molecular weight is 297 g/mol. The zero-order valence-electron chi connectivity index (χ0n) is 13.5. The second-order valence-electron chi connectivity index (χ2n) is 5.05. The second-order valence-corrected chi connectivity index (χ2v) is 5.05. The van der Waals surface area contributed by atoms with E-state index in [0.717, 1.165) is 17.8 Å². The van der Waals surface area contributed by atoms with Crippen LogP contribution in [-0.2, 0) is 6.42 Å². The first kappa shape index (κ1) is 16.0. The third-order valence-electron chi connectivity index (χ3n) is 3.71. The van der Waals surface area contributed by atoms with Crippen LogP contribution in [0.1, 0.15) is 36.8 Å². The van der Waals surface area contributed by atoms with Crippen molar-refractivity contribution in [2.75, 3.05) is 18.4 Å². The van der Waals surface area contributed by atoms with Crippen LogP contribution in [0.5, 0.6) is 0 Å². The van der Waals surface area contributed by atoms with Crippen LogP contribution in [0.2, 0.25) is 0 Å². The zero-order valence-corrected chi connectivity index (χ0v) is 13.5. The molecule has 2 rings (SSSR count). The summed E-state index contributed by atoms with van der Waals surface area (Å²) < 4.78 is 0. The van der Waals surface area contributed by atoms with E-state index in [9.17, 15) is 4.79 Å². The summed E-state index contributed by atoms with van der Waals surface area (Å²) in [7, 11) is 0. The van der Waals surface area contributed by atoms with Crippen molar-refractivity contribution in [1.82, 2.24) is 9.88 Å². The molecule has 1 aromatic heterocycles. The van der Waals surface area contributed by atoms with E-state index in [0.29, 0.717) is 18.8 Å². The van der Waals surface area contributed by atoms with Crippen LogP contribution >= 0.6 is 0 Å². The van der Waals surface area contributed by atoms with E-state index >= 15 is 0 Å². The lowest BCUT2D eigenvalue weighted by Gasteiger charge is -2.18. The van der Waals surface area contributed by atoms with Gasteiger partial charge in [0.25, 0.3) is 5.91 Å². The van der Waals surface area contributed by atoms with Crippen molar-refractivity contribution >= 4 is 17.3 Å². The molecule has 0 radical (unpaired) electrons. The zero-order chi connectivity index (χ0) is 15.9. The van der Waals surface area contributed by atoms with Gasteiger partial charge >= 0.3 is 0 Å². The maximum Gasteiger partial charge on any atom is 0.272 e. The van der Waals surface area contributed by atoms with Gasteiger partial charge in [0, 0.05) is 18.8 Å². The van der Waals surface area contributed by atoms with Crippen molar-refractivity contribution < 1.29 is 4.79 Å². The molecular weight excluding hydrogens is 274 g/mol. The number of amides is 1. The smallest absolute Gasteiger partial charge is 0.272 e. The Kier molecular flexibility index (Phi) is 5.53. The summed E-state index contributed by atoms with van der Waals surface area (Å²) in [4.78, 5) is 18.3. The minimum absolute atomic E-state index is 0.0227. The normalized spacial score (nSPS) is 10.3. The average Bonchev–Trinajstić information content (AvgIpc) is 2.57. The Morgan fingerprint density at radius 3 is 2.41 bits per heavy atom. The van der Waals surface area contributed by atoms with Gasteiger partial charge in [0.05, 0.1) is 11.9 Å². The quantitative estimate of drug-likeness (QED) is 0.880. The molecule has 0 bridgehead atoms. The third-order valence-corrected chi connectivity index (χ3v) is 3.71. The number of carbonyl (C=O) groups is 1. The first-order valence-corrected chi connectivity index (χ1v) is 7.79. The highest BCUT2D eigenvalue weighted by molar-refractivity contribution is 5.92. The highest BCUT2D eigenvalue weighted by atomic mass is 16.2. The number of hydrogen-bond donors (Lipinski definition) is 1. The Labute approximate surface area is 132 Å². The number of rotatable bonds is 6. The van der Waals surface area contributed by atoms with Crippen LogP contribution in [0, 0.1) is 0 Å². The summed E-state index contributed by atoms with van der Waals surface area (Å²) in [5.74, 6) is -0.0227. The number of hydrogen-bond acceptors (Lipinski definition) is 3. The second kappa shape index (κ2) is 7.59. The Bertz CT molecular complexity index is 618. The van der Waals surface area contributed by atoms with Crippen molar-refractivity contribution in [3.8, 4) is 0 Å². The molecule has 0 fully saturated rings. The SMILES string of the molecule is CCc1ccccc1Nc1ccc(C(=O)N(CC)CC)nc1. The Balaban J connectivity index is 2.14. The van der Waals surface area contributed by atoms with Gasteiger partial charge in [-0.15, -0.1) is 0 Å². The molecule has 1 aromatic carbocycles. The molecular formula is C18H23N3O. The minimum atomic E-state index is -0.0227. The monoisotopic (exact) mass is 297 g/mol. The third kappa shape index (κ3) is 3.64. The molecule has 22 heavy (non-hydrogen) atoms. The fourth-order valence-electron chi connectivity index (χ4n) is 2.37. The number of nitrogens with zero attached hydrogens (tertiary/aromatic N) is 2. The van der Waals surface area contributed by atoms with Gasteiger partial charge in [-0.05, 0) is 44.0 Å². The number of para-hydroxylation sites is 1. The molecule has 0 aliphatic carbocycles. The van der Waals surface area contributed by atoms with Crippen LogP contribution in [0.4, 0.5) is 11.4 Å². The molecule has 1 amide bonds. The number of aromatic nitrogens is 1. The fourth-order valence-corrected chi connectivity index (χ4v) is 2.37. The van der Waals surface area contributed by atoms with Gasteiger partial charge in [-0.25, -0.2) is 4.98 Å². The number of pyridine rings is 1. The molecule has 0 spiro atoms. The molecule has 116 valence electrons. The van der Waals surface area contributed by atoms with Gasteiger partial charge in [0.15, 0.2) is 0 Å². The van der Waals surface area contributed by atoms with Crippen molar-refractivity contribution in [3.05, 3.63) is 53.9 Å². The molecule has 4 nitrogen and oxygen atoms in total. The number of nitrogens with one attached hydrogen (secondary N) is 1. The van der Waals surface area contributed by atoms with Gasteiger partial charge < -0.3 is 10.2 Å². The molecule has 0 atom stereocenters. The van der Waals surface area contributed by atoms with E-state index in [1.54, 1.807) is 17.2 Å². The molecule has 4 heteroatoms. The first-order valence-electron chi connectivity index (χ1n) is 7.79. The molecule has 0 unspecified atom stereocenters. The van der Waals surface area contributed by atoms with Crippen molar-refractivity contribution in [3.63, 3.8) is 0 Å². The van der Waals surface area contributed by atoms with Gasteiger partial charge in [-0.3, -0.25) is 4.79 Å². The minimum Gasteiger partial charge on any atom is -0.354 e. The number of benzene rings is 1. The molecule has 1 N–H and O–H groups in total. The predicted molar refractivity (Wildman–Crippen MR) is 90.6 cm³/mol.